The lowest BCUT2D eigenvalue weighted by atomic mass is 10.1. The molecule has 10 heteroatoms. The van der Waals surface area contributed by atoms with Crippen LogP contribution in [0.5, 0.6) is 0 Å². The number of aromatic nitrogens is 1. The minimum absolute atomic E-state index is 0.0482. The number of benzene rings is 3. The number of sulfonamides is 1. The maximum atomic E-state index is 13.4. The molecule has 0 amide bonds. The van der Waals surface area contributed by atoms with Crippen molar-refractivity contribution in [3.63, 3.8) is 0 Å². The van der Waals surface area contributed by atoms with E-state index in [-0.39, 0.29) is 28.5 Å². The number of oxazole rings is 1. The minimum atomic E-state index is -3.99. The van der Waals surface area contributed by atoms with Crippen LogP contribution in [-0.2, 0) is 24.6 Å². The van der Waals surface area contributed by atoms with Crippen molar-refractivity contribution in [2.75, 3.05) is 26.3 Å². The summed E-state index contributed by atoms with van der Waals surface area (Å²) in [6, 6.07) is 16.1. The fourth-order valence-corrected chi connectivity index (χ4v) is 6.41. The molecule has 1 saturated heterocycles. The molecule has 4 aromatic rings. The van der Waals surface area contributed by atoms with Crippen molar-refractivity contribution in [1.82, 2.24) is 9.29 Å². The van der Waals surface area contributed by atoms with Crippen molar-refractivity contribution in [2.45, 2.75) is 15.0 Å². The molecule has 0 N–H and O–H groups in total. The maximum Gasteiger partial charge on any atom is 0.321 e. The SMILES string of the molecule is O=S(=O)(c1ccccc1)c1nc2c(cc(S(=O)(=O)N3CCOCC3)c3ccccc32)o1. The molecule has 0 atom stereocenters. The zero-order valence-corrected chi connectivity index (χ0v) is 17.9. The molecule has 0 spiro atoms. The van der Waals surface area contributed by atoms with Gasteiger partial charge in [0, 0.05) is 29.9 Å². The fraction of sp³-hybridized carbons (Fsp3) is 0.190. The predicted molar refractivity (Wildman–Crippen MR) is 113 cm³/mol. The second-order valence-electron chi connectivity index (χ2n) is 7.08. The van der Waals surface area contributed by atoms with Gasteiger partial charge in [-0.3, -0.25) is 0 Å². The molecule has 0 aliphatic carbocycles. The molecule has 0 unspecified atom stereocenters. The number of hydrogen-bond donors (Lipinski definition) is 0. The summed E-state index contributed by atoms with van der Waals surface area (Å²) in [4.78, 5) is 4.34. The van der Waals surface area contributed by atoms with Crippen molar-refractivity contribution in [3.05, 3.63) is 60.7 Å². The van der Waals surface area contributed by atoms with Gasteiger partial charge in [-0.1, -0.05) is 42.5 Å². The monoisotopic (exact) mass is 458 g/mol. The van der Waals surface area contributed by atoms with Crippen molar-refractivity contribution >= 4 is 41.7 Å². The zero-order valence-electron chi connectivity index (χ0n) is 16.3. The van der Waals surface area contributed by atoms with Crippen LogP contribution in [0.15, 0.2) is 80.1 Å². The molecule has 8 nitrogen and oxygen atoms in total. The Bertz CT molecular complexity index is 1490. The van der Waals surface area contributed by atoms with Gasteiger partial charge in [-0.05, 0) is 12.1 Å². The highest BCUT2D eigenvalue weighted by Gasteiger charge is 2.31. The Balaban J connectivity index is 1.74. The van der Waals surface area contributed by atoms with Gasteiger partial charge in [0.25, 0.3) is 9.84 Å². The number of sulfone groups is 1. The Morgan fingerprint density at radius 2 is 1.48 bits per heavy atom. The fourth-order valence-electron chi connectivity index (χ4n) is 3.66. The lowest BCUT2D eigenvalue weighted by Gasteiger charge is -2.26. The van der Waals surface area contributed by atoms with E-state index in [2.05, 4.69) is 4.98 Å². The first kappa shape index (κ1) is 20.1. The van der Waals surface area contributed by atoms with Crippen molar-refractivity contribution in [2.24, 2.45) is 0 Å². The highest BCUT2D eigenvalue weighted by molar-refractivity contribution is 7.91. The summed E-state index contributed by atoms with van der Waals surface area (Å²) in [5.74, 6) is 0. The molecular formula is C21H18N2O6S2. The topological polar surface area (TPSA) is 107 Å². The van der Waals surface area contributed by atoms with Gasteiger partial charge in [0.05, 0.1) is 23.0 Å². The van der Waals surface area contributed by atoms with Crippen molar-refractivity contribution in [1.29, 1.82) is 0 Å². The van der Waals surface area contributed by atoms with E-state index in [0.29, 0.717) is 29.5 Å². The van der Waals surface area contributed by atoms with Crippen molar-refractivity contribution in [3.8, 4) is 0 Å². The maximum absolute atomic E-state index is 13.4. The molecule has 1 aromatic heterocycles. The predicted octanol–water partition coefficient (Wildman–Crippen LogP) is 2.83. The van der Waals surface area contributed by atoms with Crippen LogP contribution in [0.3, 0.4) is 0 Å². The Morgan fingerprint density at radius 1 is 0.839 bits per heavy atom. The van der Waals surface area contributed by atoms with Crippen LogP contribution in [0.2, 0.25) is 0 Å². The van der Waals surface area contributed by atoms with Gasteiger partial charge in [-0.2, -0.15) is 9.29 Å². The summed E-state index contributed by atoms with van der Waals surface area (Å²) in [5.41, 5.74) is 0.395. The summed E-state index contributed by atoms with van der Waals surface area (Å²) in [5, 5.41) is 0.489. The summed E-state index contributed by atoms with van der Waals surface area (Å²) >= 11 is 0. The van der Waals surface area contributed by atoms with E-state index in [1.165, 1.54) is 22.5 Å². The number of hydrogen-bond acceptors (Lipinski definition) is 7. The first-order valence-electron chi connectivity index (χ1n) is 9.59. The molecule has 5 rings (SSSR count). The zero-order chi connectivity index (χ0) is 21.6. The third-order valence-corrected chi connectivity index (χ3v) is 8.68. The second-order valence-corrected chi connectivity index (χ2v) is 10.8. The van der Waals surface area contributed by atoms with E-state index >= 15 is 0 Å². The Morgan fingerprint density at radius 3 is 2.19 bits per heavy atom. The number of morpholine rings is 1. The molecule has 160 valence electrons. The Kier molecular flexibility index (Phi) is 4.82. The quantitative estimate of drug-likeness (QED) is 0.463. The van der Waals surface area contributed by atoms with Gasteiger partial charge in [-0.25, -0.2) is 16.8 Å². The van der Waals surface area contributed by atoms with Crippen LogP contribution in [0.4, 0.5) is 0 Å². The van der Waals surface area contributed by atoms with E-state index in [4.69, 9.17) is 9.15 Å². The van der Waals surface area contributed by atoms with E-state index in [9.17, 15) is 16.8 Å². The average Bonchev–Trinajstić information content (AvgIpc) is 3.25. The first-order chi connectivity index (χ1) is 14.9. The minimum Gasteiger partial charge on any atom is -0.428 e. The summed E-state index contributed by atoms with van der Waals surface area (Å²) in [7, 11) is -7.83. The molecule has 31 heavy (non-hydrogen) atoms. The summed E-state index contributed by atoms with van der Waals surface area (Å²) in [6.07, 6.45) is 0. The van der Waals surface area contributed by atoms with Gasteiger partial charge < -0.3 is 9.15 Å². The summed E-state index contributed by atoms with van der Waals surface area (Å²) in [6.45, 7) is 1.14. The lowest BCUT2D eigenvalue weighted by molar-refractivity contribution is 0.0730. The smallest absolute Gasteiger partial charge is 0.321 e. The normalized spacial score (nSPS) is 16.1. The van der Waals surface area contributed by atoms with Gasteiger partial charge in [0.2, 0.25) is 10.0 Å². The molecule has 0 bridgehead atoms. The van der Waals surface area contributed by atoms with Gasteiger partial charge in [-0.15, -0.1) is 0 Å². The first-order valence-corrected chi connectivity index (χ1v) is 12.5. The van der Waals surface area contributed by atoms with E-state index in [1.807, 2.05) is 0 Å². The third-order valence-electron chi connectivity index (χ3n) is 5.21. The largest absolute Gasteiger partial charge is 0.428 e. The van der Waals surface area contributed by atoms with E-state index in [1.54, 1.807) is 42.5 Å². The Labute approximate surface area is 179 Å². The van der Waals surface area contributed by atoms with E-state index < -0.39 is 25.1 Å². The van der Waals surface area contributed by atoms with Crippen LogP contribution in [-0.4, -0.2) is 52.4 Å². The number of rotatable bonds is 4. The van der Waals surface area contributed by atoms with Crippen LogP contribution < -0.4 is 0 Å². The molecule has 3 aromatic carbocycles. The van der Waals surface area contributed by atoms with Crippen LogP contribution in [0.1, 0.15) is 0 Å². The van der Waals surface area contributed by atoms with Crippen LogP contribution in [0, 0.1) is 0 Å². The second kappa shape index (κ2) is 7.41. The standard InChI is InChI=1S/C21H18N2O6S2/c24-30(25,15-6-2-1-3-7-15)21-22-20-17-9-5-4-8-16(17)19(14-18(20)29-21)31(26,27)23-10-12-28-13-11-23/h1-9,14H,10-13H2. The summed E-state index contributed by atoms with van der Waals surface area (Å²) < 4.78 is 64.9. The molecule has 2 heterocycles. The van der Waals surface area contributed by atoms with Gasteiger partial charge in [0.1, 0.15) is 5.52 Å². The van der Waals surface area contributed by atoms with Gasteiger partial charge >= 0.3 is 5.22 Å². The number of ether oxygens (including phenoxy) is 1. The molecule has 1 fully saturated rings. The highest BCUT2D eigenvalue weighted by Crippen LogP contribution is 2.35. The molecular weight excluding hydrogens is 440 g/mol. The molecule has 0 radical (unpaired) electrons. The number of fused-ring (bicyclic) bond motifs is 3. The van der Waals surface area contributed by atoms with Crippen molar-refractivity contribution < 1.29 is 26.0 Å². The molecule has 1 aliphatic rings. The van der Waals surface area contributed by atoms with Crippen LogP contribution in [0.25, 0.3) is 21.9 Å². The molecule has 0 saturated carbocycles. The number of nitrogens with zero attached hydrogens (tertiary/aromatic N) is 2. The molecule has 1 aliphatic heterocycles. The van der Waals surface area contributed by atoms with Gasteiger partial charge in [0.15, 0.2) is 5.58 Å². The average molecular weight is 459 g/mol. The van der Waals surface area contributed by atoms with Crippen LogP contribution >= 0.6 is 0 Å². The Hall–Kier alpha value is -2.79. The lowest BCUT2D eigenvalue weighted by Crippen LogP contribution is -2.40. The third kappa shape index (κ3) is 3.32. The van der Waals surface area contributed by atoms with E-state index in [0.717, 1.165) is 0 Å². The highest BCUT2D eigenvalue weighted by atomic mass is 32.2.